The number of rotatable bonds is 7. The van der Waals surface area contributed by atoms with Gasteiger partial charge in [-0.25, -0.2) is 4.79 Å². The van der Waals surface area contributed by atoms with Gasteiger partial charge in [0.25, 0.3) is 0 Å². The third-order valence-electron chi connectivity index (χ3n) is 3.29. The molecule has 1 aromatic carbocycles. The minimum atomic E-state index is -0.384. The molecule has 128 valence electrons. The number of ether oxygens (including phenoxy) is 1. The van der Waals surface area contributed by atoms with Crippen LogP contribution in [-0.4, -0.2) is 18.8 Å². The summed E-state index contributed by atoms with van der Waals surface area (Å²) < 4.78 is 4.72. The summed E-state index contributed by atoms with van der Waals surface area (Å²) in [5.41, 5.74) is 2.77. The van der Waals surface area contributed by atoms with Crippen LogP contribution in [0.2, 0.25) is 0 Å². The van der Waals surface area contributed by atoms with Gasteiger partial charge in [-0.1, -0.05) is 55.9 Å². The van der Waals surface area contributed by atoms with Gasteiger partial charge in [0, 0.05) is 5.57 Å². The van der Waals surface area contributed by atoms with Gasteiger partial charge >= 0.3 is 5.97 Å². The van der Waals surface area contributed by atoms with E-state index in [1.54, 1.807) is 18.2 Å². The summed E-state index contributed by atoms with van der Waals surface area (Å²) in [6.45, 7) is 11.8. The number of esters is 1. The summed E-state index contributed by atoms with van der Waals surface area (Å²) in [5.74, 6) is 0.530. The van der Waals surface area contributed by atoms with Crippen molar-refractivity contribution in [3.05, 3.63) is 71.5 Å². The number of allylic oxidation sites excluding steroid dienone is 3. The molecule has 0 aliphatic carbocycles. The molecule has 1 rings (SSSR count). The van der Waals surface area contributed by atoms with Crippen LogP contribution in [0, 0.1) is 5.92 Å². The third-order valence-corrected chi connectivity index (χ3v) is 3.29. The zero-order valence-electron chi connectivity index (χ0n) is 15.0. The van der Waals surface area contributed by atoms with Crippen molar-refractivity contribution in [3.63, 3.8) is 0 Å². The van der Waals surface area contributed by atoms with Gasteiger partial charge in [0.15, 0.2) is 5.76 Å². The predicted molar refractivity (Wildman–Crippen MR) is 98.0 cm³/mol. The molecule has 0 unspecified atom stereocenters. The summed E-state index contributed by atoms with van der Waals surface area (Å²) in [6.07, 6.45) is 5.96. The SMILES string of the molecule is C=C(O/N=C(\C)c1cccc(C(=O)OC)c1)C(/C=C\C(C)C)=C/C. The summed E-state index contributed by atoms with van der Waals surface area (Å²) >= 11 is 0. The monoisotopic (exact) mass is 327 g/mol. The molecule has 0 aromatic heterocycles. The highest BCUT2D eigenvalue weighted by atomic mass is 16.6. The molecule has 0 aliphatic rings. The van der Waals surface area contributed by atoms with Crippen molar-refractivity contribution in [2.75, 3.05) is 7.11 Å². The predicted octanol–water partition coefficient (Wildman–Crippen LogP) is 4.89. The van der Waals surface area contributed by atoms with Gasteiger partial charge in [-0.15, -0.1) is 0 Å². The third kappa shape index (κ3) is 5.88. The average Bonchev–Trinajstić information content (AvgIpc) is 2.59. The lowest BCUT2D eigenvalue weighted by atomic mass is 10.1. The Kier molecular flexibility index (Phi) is 7.69. The van der Waals surface area contributed by atoms with Gasteiger partial charge in [-0.3, -0.25) is 0 Å². The van der Waals surface area contributed by atoms with Crippen LogP contribution in [0.15, 0.2) is 65.6 Å². The van der Waals surface area contributed by atoms with Gasteiger partial charge in [0.05, 0.1) is 18.4 Å². The van der Waals surface area contributed by atoms with Crippen LogP contribution in [0.5, 0.6) is 0 Å². The second kappa shape index (κ2) is 9.50. The Labute approximate surface area is 144 Å². The van der Waals surface area contributed by atoms with Crippen molar-refractivity contribution in [2.24, 2.45) is 11.1 Å². The van der Waals surface area contributed by atoms with Crippen LogP contribution in [0.1, 0.15) is 43.6 Å². The molecule has 4 heteroatoms. The maximum atomic E-state index is 11.6. The van der Waals surface area contributed by atoms with E-state index < -0.39 is 0 Å². The van der Waals surface area contributed by atoms with E-state index in [1.165, 1.54) is 7.11 Å². The Morgan fingerprint density at radius 3 is 2.54 bits per heavy atom. The van der Waals surface area contributed by atoms with Crippen molar-refractivity contribution >= 4 is 11.7 Å². The van der Waals surface area contributed by atoms with Crippen molar-refractivity contribution in [3.8, 4) is 0 Å². The quantitative estimate of drug-likeness (QED) is 0.236. The van der Waals surface area contributed by atoms with E-state index in [9.17, 15) is 4.79 Å². The number of benzene rings is 1. The molecule has 0 radical (unpaired) electrons. The molecule has 0 N–H and O–H groups in total. The molecule has 0 saturated carbocycles. The summed E-state index contributed by atoms with van der Waals surface area (Å²) in [4.78, 5) is 17.0. The second-order valence-electron chi connectivity index (χ2n) is 5.61. The molecule has 1 aromatic rings. The van der Waals surface area contributed by atoms with Crippen molar-refractivity contribution in [1.82, 2.24) is 0 Å². The van der Waals surface area contributed by atoms with Gasteiger partial charge in [0.2, 0.25) is 0 Å². The van der Waals surface area contributed by atoms with Gasteiger partial charge in [0.1, 0.15) is 0 Å². The highest BCUT2D eigenvalue weighted by Crippen LogP contribution is 2.14. The van der Waals surface area contributed by atoms with Crippen LogP contribution >= 0.6 is 0 Å². The lowest BCUT2D eigenvalue weighted by Gasteiger charge is -2.07. The van der Waals surface area contributed by atoms with E-state index >= 15 is 0 Å². The first kappa shape index (κ1) is 19.4. The standard InChI is InChI=1S/C20H25NO3/c1-7-17(12-11-14(2)3)16(5)24-21-15(4)18-9-8-10-19(13-18)20(22)23-6/h7-14H,5H2,1-4,6H3/b12-11-,17-7+,21-15+. The Balaban J connectivity index is 2.87. The maximum absolute atomic E-state index is 11.6. The lowest BCUT2D eigenvalue weighted by Crippen LogP contribution is -2.04. The second-order valence-corrected chi connectivity index (χ2v) is 5.61. The number of methoxy groups -OCH3 is 1. The first-order valence-electron chi connectivity index (χ1n) is 7.83. The Hall–Kier alpha value is -2.62. The summed E-state index contributed by atoms with van der Waals surface area (Å²) in [6, 6.07) is 7.04. The van der Waals surface area contributed by atoms with E-state index in [1.807, 2.05) is 32.1 Å². The van der Waals surface area contributed by atoms with Crippen LogP contribution < -0.4 is 0 Å². The fourth-order valence-corrected chi connectivity index (χ4v) is 1.86. The fourth-order valence-electron chi connectivity index (χ4n) is 1.86. The van der Waals surface area contributed by atoms with E-state index in [0.717, 1.165) is 11.1 Å². The first-order valence-corrected chi connectivity index (χ1v) is 7.83. The van der Waals surface area contributed by atoms with E-state index in [0.29, 0.717) is 23.0 Å². The molecule has 0 spiro atoms. The number of carbonyl (C=O) groups is 1. The molecule has 0 heterocycles. The molecule has 0 saturated heterocycles. The molecule has 0 aliphatic heterocycles. The van der Waals surface area contributed by atoms with Crippen molar-refractivity contribution < 1.29 is 14.4 Å². The van der Waals surface area contributed by atoms with Gasteiger partial charge < -0.3 is 9.57 Å². The van der Waals surface area contributed by atoms with Crippen molar-refractivity contribution in [1.29, 1.82) is 0 Å². The molecule has 4 nitrogen and oxygen atoms in total. The minimum absolute atomic E-state index is 0.384. The van der Waals surface area contributed by atoms with Gasteiger partial charge in [-0.2, -0.15) is 0 Å². The number of hydrogen-bond acceptors (Lipinski definition) is 4. The first-order chi connectivity index (χ1) is 11.4. The minimum Gasteiger partial charge on any atom is -0.465 e. The van der Waals surface area contributed by atoms with E-state index in [4.69, 9.17) is 9.57 Å². The molecule has 0 bridgehead atoms. The van der Waals surface area contributed by atoms with Crippen LogP contribution in [-0.2, 0) is 9.57 Å². The van der Waals surface area contributed by atoms with E-state index in [-0.39, 0.29) is 5.97 Å². The Bertz CT molecular complexity index is 682. The fraction of sp³-hybridized carbons (Fsp3) is 0.300. The number of nitrogens with zero attached hydrogens (tertiary/aromatic N) is 1. The topological polar surface area (TPSA) is 47.9 Å². The molecule has 0 atom stereocenters. The lowest BCUT2D eigenvalue weighted by molar-refractivity contribution is 0.0600. The number of carbonyl (C=O) groups excluding carboxylic acids is 1. The highest BCUT2D eigenvalue weighted by Gasteiger charge is 2.08. The average molecular weight is 327 g/mol. The normalized spacial score (nSPS) is 12.6. The number of hydrogen-bond donors (Lipinski definition) is 0. The summed E-state index contributed by atoms with van der Waals surface area (Å²) in [5, 5.41) is 4.11. The molecular formula is C20H25NO3. The Morgan fingerprint density at radius 2 is 1.96 bits per heavy atom. The number of oxime groups is 1. The Morgan fingerprint density at radius 1 is 1.29 bits per heavy atom. The maximum Gasteiger partial charge on any atom is 0.337 e. The molecule has 24 heavy (non-hydrogen) atoms. The zero-order chi connectivity index (χ0) is 18.1. The largest absolute Gasteiger partial charge is 0.465 e. The smallest absolute Gasteiger partial charge is 0.337 e. The highest BCUT2D eigenvalue weighted by molar-refractivity contribution is 6.00. The van der Waals surface area contributed by atoms with Crippen LogP contribution in [0.3, 0.4) is 0 Å². The van der Waals surface area contributed by atoms with Crippen LogP contribution in [0.4, 0.5) is 0 Å². The zero-order valence-corrected chi connectivity index (χ0v) is 15.0. The van der Waals surface area contributed by atoms with Crippen LogP contribution in [0.25, 0.3) is 0 Å². The van der Waals surface area contributed by atoms with Crippen molar-refractivity contribution in [2.45, 2.75) is 27.7 Å². The molecule has 0 fully saturated rings. The van der Waals surface area contributed by atoms with Gasteiger partial charge in [-0.05, 0) is 37.5 Å². The molecular weight excluding hydrogens is 302 g/mol. The van der Waals surface area contributed by atoms with E-state index in [2.05, 4.69) is 31.7 Å². The summed E-state index contributed by atoms with van der Waals surface area (Å²) in [7, 11) is 1.35. The molecule has 0 amide bonds.